The van der Waals surface area contributed by atoms with E-state index < -0.39 is 5.97 Å². The lowest BCUT2D eigenvalue weighted by atomic mass is 10.1. The molecule has 1 aromatic carbocycles. The summed E-state index contributed by atoms with van der Waals surface area (Å²) in [6, 6.07) is 5.01. The molecule has 2 aromatic rings. The Morgan fingerprint density at radius 3 is 2.58 bits per heavy atom. The molecular formula is C14H13ClO4. The predicted molar refractivity (Wildman–Crippen MR) is 70.9 cm³/mol. The maximum absolute atomic E-state index is 10.9. The topological polar surface area (TPSA) is 59.7 Å². The maximum atomic E-state index is 10.9. The largest absolute Gasteiger partial charge is 0.486 e. The van der Waals surface area contributed by atoms with Gasteiger partial charge in [-0.3, -0.25) is 0 Å². The van der Waals surface area contributed by atoms with Crippen molar-refractivity contribution >= 4 is 17.6 Å². The average Bonchev–Trinajstić information content (AvgIpc) is 2.81. The van der Waals surface area contributed by atoms with E-state index >= 15 is 0 Å². The van der Waals surface area contributed by atoms with Crippen LogP contribution in [0.3, 0.4) is 0 Å². The molecule has 1 aromatic heterocycles. The molecule has 0 saturated carbocycles. The summed E-state index contributed by atoms with van der Waals surface area (Å²) in [4.78, 5) is 10.9. The first-order valence-electron chi connectivity index (χ1n) is 5.68. The van der Waals surface area contributed by atoms with E-state index in [1.54, 1.807) is 12.1 Å². The van der Waals surface area contributed by atoms with Crippen LogP contribution in [0, 0.1) is 13.8 Å². The minimum atomic E-state index is -1.03. The SMILES string of the molecule is Cc1cc(OCc2occc2C(=O)O)cc(C)c1Cl. The predicted octanol–water partition coefficient (Wildman–Crippen LogP) is 3.83. The fourth-order valence-corrected chi connectivity index (χ4v) is 1.89. The second-order valence-electron chi connectivity index (χ2n) is 4.22. The van der Waals surface area contributed by atoms with Gasteiger partial charge in [0.15, 0.2) is 5.76 Å². The maximum Gasteiger partial charge on any atom is 0.339 e. The summed E-state index contributed by atoms with van der Waals surface area (Å²) in [5.74, 6) is -0.110. The van der Waals surface area contributed by atoms with Gasteiger partial charge in [-0.15, -0.1) is 0 Å². The Hall–Kier alpha value is -1.94. The summed E-state index contributed by atoms with van der Waals surface area (Å²) in [5, 5.41) is 9.65. The quantitative estimate of drug-likeness (QED) is 0.925. The van der Waals surface area contributed by atoms with Gasteiger partial charge in [-0.25, -0.2) is 4.79 Å². The Morgan fingerprint density at radius 1 is 1.37 bits per heavy atom. The molecule has 0 aliphatic heterocycles. The van der Waals surface area contributed by atoms with Crippen molar-refractivity contribution in [3.8, 4) is 5.75 Å². The van der Waals surface area contributed by atoms with Crippen LogP contribution in [-0.2, 0) is 6.61 Å². The number of rotatable bonds is 4. The minimum Gasteiger partial charge on any atom is -0.486 e. The van der Waals surface area contributed by atoms with Gasteiger partial charge >= 0.3 is 5.97 Å². The highest BCUT2D eigenvalue weighted by molar-refractivity contribution is 6.32. The number of aryl methyl sites for hydroxylation is 2. The molecule has 0 aliphatic rings. The zero-order valence-corrected chi connectivity index (χ0v) is 11.3. The normalized spacial score (nSPS) is 10.5. The van der Waals surface area contributed by atoms with Crippen molar-refractivity contribution in [3.63, 3.8) is 0 Å². The van der Waals surface area contributed by atoms with Crippen molar-refractivity contribution in [2.24, 2.45) is 0 Å². The number of aromatic carboxylic acids is 1. The van der Waals surface area contributed by atoms with Crippen LogP contribution in [0.2, 0.25) is 5.02 Å². The van der Waals surface area contributed by atoms with Crippen molar-refractivity contribution in [2.45, 2.75) is 20.5 Å². The van der Waals surface area contributed by atoms with Gasteiger partial charge in [0.2, 0.25) is 0 Å². The van der Waals surface area contributed by atoms with Gasteiger partial charge in [0.25, 0.3) is 0 Å². The van der Waals surface area contributed by atoms with Gasteiger partial charge < -0.3 is 14.3 Å². The van der Waals surface area contributed by atoms with Gasteiger partial charge in [-0.1, -0.05) is 11.6 Å². The van der Waals surface area contributed by atoms with Crippen LogP contribution < -0.4 is 4.74 Å². The molecular weight excluding hydrogens is 268 g/mol. The third-order valence-corrected chi connectivity index (χ3v) is 3.35. The number of hydrogen-bond donors (Lipinski definition) is 1. The average molecular weight is 281 g/mol. The Bertz CT molecular complexity index is 593. The van der Waals surface area contributed by atoms with Gasteiger partial charge in [-0.05, 0) is 43.2 Å². The van der Waals surface area contributed by atoms with E-state index in [1.807, 2.05) is 13.8 Å². The molecule has 2 rings (SSSR count). The number of hydrogen-bond acceptors (Lipinski definition) is 3. The van der Waals surface area contributed by atoms with Crippen LogP contribution in [-0.4, -0.2) is 11.1 Å². The van der Waals surface area contributed by atoms with Crippen LogP contribution in [0.15, 0.2) is 28.9 Å². The van der Waals surface area contributed by atoms with Crippen molar-refractivity contribution in [1.82, 2.24) is 0 Å². The number of carboxylic acids is 1. The lowest BCUT2D eigenvalue weighted by Crippen LogP contribution is -2.02. The molecule has 0 saturated heterocycles. The zero-order chi connectivity index (χ0) is 14.0. The van der Waals surface area contributed by atoms with Gasteiger partial charge in [0.1, 0.15) is 17.9 Å². The van der Waals surface area contributed by atoms with E-state index in [4.69, 9.17) is 25.9 Å². The minimum absolute atomic E-state index is 0.0646. The molecule has 0 fully saturated rings. The van der Waals surface area contributed by atoms with Crippen LogP contribution in [0.25, 0.3) is 0 Å². The van der Waals surface area contributed by atoms with Gasteiger partial charge in [0.05, 0.1) is 6.26 Å². The van der Waals surface area contributed by atoms with Crippen LogP contribution in [0.1, 0.15) is 27.2 Å². The van der Waals surface area contributed by atoms with E-state index in [0.717, 1.165) is 11.1 Å². The molecule has 0 radical (unpaired) electrons. The molecule has 4 nitrogen and oxygen atoms in total. The number of benzene rings is 1. The zero-order valence-electron chi connectivity index (χ0n) is 10.6. The highest BCUT2D eigenvalue weighted by Crippen LogP contribution is 2.26. The molecule has 0 atom stereocenters. The summed E-state index contributed by atoms with van der Waals surface area (Å²) < 4.78 is 10.6. The third-order valence-electron chi connectivity index (χ3n) is 2.76. The van der Waals surface area contributed by atoms with E-state index in [2.05, 4.69) is 0 Å². The third kappa shape index (κ3) is 2.90. The lowest BCUT2D eigenvalue weighted by molar-refractivity contribution is 0.0692. The van der Waals surface area contributed by atoms with Gasteiger partial charge in [0, 0.05) is 5.02 Å². The number of furan rings is 1. The summed E-state index contributed by atoms with van der Waals surface area (Å²) >= 11 is 6.06. The Balaban J connectivity index is 2.15. The summed E-state index contributed by atoms with van der Waals surface area (Å²) in [5.41, 5.74) is 1.94. The molecule has 19 heavy (non-hydrogen) atoms. The molecule has 1 N–H and O–H groups in total. The monoisotopic (exact) mass is 280 g/mol. The fraction of sp³-hybridized carbons (Fsp3) is 0.214. The first kappa shape index (κ1) is 13.5. The molecule has 0 spiro atoms. The summed E-state index contributed by atoms with van der Waals surface area (Å²) in [7, 11) is 0. The van der Waals surface area contributed by atoms with E-state index in [9.17, 15) is 4.79 Å². The van der Waals surface area contributed by atoms with E-state index in [-0.39, 0.29) is 17.9 Å². The van der Waals surface area contributed by atoms with Crippen molar-refractivity contribution in [2.75, 3.05) is 0 Å². The number of carbonyl (C=O) groups is 1. The number of halogens is 1. The second kappa shape index (κ2) is 5.36. The first-order valence-corrected chi connectivity index (χ1v) is 6.06. The fourth-order valence-electron chi connectivity index (χ4n) is 1.78. The van der Waals surface area contributed by atoms with Crippen LogP contribution in [0.4, 0.5) is 0 Å². The van der Waals surface area contributed by atoms with Crippen molar-refractivity contribution in [3.05, 3.63) is 51.9 Å². The molecule has 0 aliphatic carbocycles. The lowest BCUT2D eigenvalue weighted by Gasteiger charge is -2.09. The van der Waals surface area contributed by atoms with Gasteiger partial charge in [-0.2, -0.15) is 0 Å². The molecule has 1 heterocycles. The van der Waals surface area contributed by atoms with Crippen LogP contribution >= 0.6 is 11.6 Å². The number of ether oxygens (including phenoxy) is 1. The molecule has 5 heteroatoms. The van der Waals surface area contributed by atoms with E-state index in [0.29, 0.717) is 10.8 Å². The number of carboxylic acid groups (broad SMARTS) is 1. The Morgan fingerprint density at radius 2 is 2.00 bits per heavy atom. The Kier molecular flexibility index (Phi) is 3.81. The highest BCUT2D eigenvalue weighted by Gasteiger charge is 2.14. The standard InChI is InChI=1S/C14H13ClO4/c1-8-5-10(6-9(2)13(8)15)19-7-12-11(14(16)17)3-4-18-12/h3-6H,7H2,1-2H3,(H,16,17). The molecule has 0 bridgehead atoms. The highest BCUT2D eigenvalue weighted by atomic mass is 35.5. The van der Waals surface area contributed by atoms with Crippen LogP contribution in [0.5, 0.6) is 5.75 Å². The molecule has 0 amide bonds. The molecule has 100 valence electrons. The summed E-state index contributed by atoms with van der Waals surface area (Å²) in [6.45, 7) is 3.84. The summed E-state index contributed by atoms with van der Waals surface area (Å²) in [6.07, 6.45) is 1.33. The smallest absolute Gasteiger partial charge is 0.339 e. The van der Waals surface area contributed by atoms with E-state index in [1.165, 1.54) is 12.3 Å². The van der Waals surface area contributed by atoms with Crippen molar-refractivity contribution in [1.29, 1.82) is 0 Å². The van der Waals surface area contributed by atoms with Crippen molar-refractivity contribution < 1.29 is 19.1 Å². The second-order valence-corrected chi connectivity index (χ2v) is 4.60. The Labute approximate surface area is 115 Å². The molecule has 0 unspecified atom stereocenters. The first-order chi connectivity index (χ1) is 8.99.